The molecular weight excluding hydrogens is 372 g/mol. The van der Waals surface area contributed by atoms with Gasteiger partial charge in [-0.25, -0.2) is 10.9 Å². The fourth-order valence-electron chi connectivity index (χ4n) is 4.02. The van der Waals surface area contributed by atoms with Crippen molar-refractivity contribution < 1.29 is 4.79 Å². The number of benzene rings is 2. The Morgan fingerprint density at radius 1 is 1.04 bits per heavy atom. The van der Waals surface area contributed by atoms with Crippen LogP contribution < -0.4 is 16.2 Å². The molecule has 0 aliphatic carbocycles. The fraction of sp³-hybridized carbons (Fsp3) is 0.409. The maximum atomic E-state index is 12.7. The van der Waals surface area contributed by atoms with Gasteiger partial charge in [-0.05, 0) is 42.5 Å². The van der Waals surface area contributed by atoms with Gasteiger partial charge in [-0.15, -0.1) is 0 Å². The lowest BCUT2D eigenvalue weighted by Gasteiger charge is -2.32. The van der Waals surface area contributed by atoms with Crippen LogP contribution in [0.1, 0.15) is 36.4 Å². The first kappa shape index (κ1) is 19.4. The van der Waals surface area contributed by atoms with E-state index in [1.54, 1.807) is 0 Å². The van der Waals surface area contributed by atoms with Crippen molar-refractivity contribution in [3.05, 3.63) is 70.7 Å². The van der Waals surface area contributed by atoms with Gasteiger partial charge in [-0.3, -0.25) is 9.69 Å². The summed E-state index contributed by atoms with van der Waals surface area (Å²) in [5.74, 6) is 0.0884. The lowest BCUT2D eigenvalue weighted by molar-refractivity contribution is -0.123. The number of nitrogens with one attached hydrogen (secondary N) is 3. The number of hydrogen-bond donors (Lipinski definition) is 3. The molecule has 148 valence electrons. The molecule has 5 nitrogen and oxygen atoms in total. The van der Waals surface area contributed by atoms with Gasteiger partial charge < -0.3 is 5.32 Å². The average Bonchev–Trinajstić information content (AvgIpc) is 3.21. The molecule has 0 radical (unpaired) electrons. The second-order valence-electron chi connectivity index (χ2n) is 7.73. The van der Waals surface area contributed by atoms with Gasteiger partial charge >= 0.3 is 0 Å². The Morgan fingerprint density at radius 2 is 1.75 bits per heavy atom. The minimum atomic E-state index is -0.206. The van der Waals surface area contributed by atoms with Gasteiger partial charge in [0.1, 0.15) is 6.04 Å². The van der Waals surface area contributed by atoms with Crippen molar-refractivity contribution in [2.45, 2.75) is 43.9 Å². The van der Waals surface area contributed by atoms with Crippen LogP contribution in [0, 0.1) is 0 Å². The van der Waals surface area contributed by atoms with Crippen LogP contribution in [0.2, 0.25) is 5.02 Å². The molecule has 3 N–H and O–H groups in total. The van der Waals surface area contributed by atoms with Crippen LogP contribution in [0.3, 0.4) is 0 Å². The number of piperidine rings is 1. The van der Waals surface area contributed by atoms with Gasteiger partial charge in [0.2, 0.25) is 5.91 Å². The number of carbonyl (C=O) groups is 1. The highest BCUT2D eigenvalue weighted by molar-refractivity contribution is 6.30. The second kappa shape index (κ2) is 9.05. The van der Waals surface area contributed by atoms with Gasteiger partial charge in [0, 0.05) is 36.7 Å². The minimum absolute atomic E-state index is 0.0884. The summed E-state index contributed by atoms with van der Waals surface area (Å²) in [6.07, 6.45) is 2.74. The van der Waals surface area contributed by atoms with Crippen LogP contribution in [0.25, 0.3) is 0 Å². The van der Waals surface area contributed by atoms with Gasteiger partial charge in [0.15, 0.2) is 0 Å². The highest BCUT2D eigenvalue weighted by Crippen LogP contribution is 2.24. The fourth-order valence-corrected chi connectivity index (χ4v) is 4.15. The van der Waals surface area contributed by atoms with E-state index in [0.29, 0.717) is 0 Å². The summed E-state index contributed by atoms with van der Waals surface area (Å²) in [5, 5.41) is 3.96. The number of carbonyl (C=O) groups excluding carboxylic acids is 1. The lowest BCUT2D eigenvalue weighted by Crippen LogP contribution is -2.50. The van der Waals surface area contributed by atoms with Gasteiger partial charge in [-0.1, -0.05) is 54.1 Å². The summed E-state index contributed by atoms with van der Waals surface area (Å²) in [4.78, 5) is 15.1. The van der Waals surface area contributed by atoms with Crippen molar-refractivity contribution in [1.82, 2.24) is 21.1 Å². The van der Waals surface area contributed by atoms with Crippen molar-refractivity contribution in [3.8, 4) is 0 Å². The van der Waals surface area contributed by atoms with Crippen LogP contribution in [0.15, 0.2) is 54.6 Å². The van der Waals surface area contributed by atoms with E-state index in [1.807, 2.05) is 24.3 Å². The summed E-state index contributed by atoms with van der Waals surface area (Å²) in [5.41, 5.74) is 8.86. The molecule has 2 atom stereocenters. The van der Waals surface area contributed by atoms with E-state index in [0.717, 1.165) is 49.5 Å². The van der Waals surface area contributed by atoms with Crippen molar-refractivity contribution in [2.24, 2.45) is 0 Å². The molecule has 28 heavy (non-hydrogen) atoms. The number of rotatable bonds is 5. The third kappa shape index (κ3) is 4.92. The molecule has 2 saturated heterocycles. The predicted molar refractivity (Wildman–Crippen MR) is 112 cm³/mol. The zero-order valence-electron chi connectivity index (χ0n) is 15.9. The van der Waals surface area contributed by atoms with E-state index in [4.69, 9.17) is 11.6 Å². The molecule has 0 bridgehead atoms. The minimum Gasteiger partial charge on any atom is -0.352 e. The Balaban J connectivity index is 1.22. The van der Waals surface area contributed by atoms with E-state index in [-0.39, 0.29) is 24.0 Å². The molecule has 0 saturated carbocycles. The largest absolute Gasteiger partial charge is 0.352 e. The Bertz CT molecular complexity index is 775. The highest BCUT2D eigenvalue weighted by atomic mass is 35.5. The predicted octanol–water partition coefficient (Wildman–Crippen LogP) is 3.03. The molecule has 2 unspecified atom stereocenters. The monoisotopic (exact) mass is 398 g/mol. The number of hydrazine groups is 1. The van der Waals surface area contributed by atoms with Crippen molar-refractivity contribution >= 4 is 17.5 Å². The molecule has 2 aromatic rings. The number of amides is 1. The Labute approximate surface area is 171 Å². The molecule has 2 aliphatic rings. The van der Waals surface area contributed by atoms with E-state index in [1.165, 1.54) is 5.56 Å². The van der Waals surface area contributed by atoms with Gasteiger partial charge in [0.05, 0.1) is 0 Å². The van der Waals surface area contributed by atoms with Gasteiger partial charge in [-0.2, -0.15) is 0 Å². The molecule has 0 aromatic heterocycles. The Hall–Kier alpha value is -1.92. The van der Waals surface area contributed by atoms with Crippen LogP contribution in [0.4, 0.5) is 0 Å². The average molecular weight is 399 g/mol. The second-order valence-corrected chi connectivity index (χ2v) is 8.16. The molecular formula is C22H27ClN4O. The number of halogens is 1. The number of nitrogens with zero attached hydrogens (tertiary/aromatic N) is 1. The summed E-state index contributed by atoms with van der Waals surface area (Å²) in [6.45, 7) is 3.02. The molecule has 6 heteroatoms. The standard InChI is InChI=1S/C22H27ClN4O/c23-18-8-6-17(7-9-18)20-14-21(26-25-20)22(28)24-19-10-12-27(13-11-19)15-16-4-2-1-3-5-16/h1-9,19-21,25-26H,10-15H2,(H,24,28). The summed E-state index contributed by atoms with van der Waals surface area (Å²) in [7, 11) is 0. The molecule has 2 aromatic carbocycles. The van der Waals surface area contributed by atoms with E-state index >= 15 is 0 Å². The topological polar surface area (TPSA) is 56.4 Å². The SMILES string of the molecule is O=C(NC1CCN(Cc2ccccc2)CC1)C1CC(c2ccc(Cl)cc2)NN1. The normalized spacial score (nSPS) is 23.6. The molecule has 1 amide bonds. The summed E-state index contributed by atoms with van der Waals surface area (Å²) in [6, 6.07) is 18.5. The molecule has 0 spiro atoms. The van der Waals surface area contributed by atoms with Crippen LogP contribution in [-0.4, -0.2) is 36.0 Å². The van der Waals surface area contributed by atoms with Crippen LogP contribution in [-0.2, 0) is 11.3 Å². The number of likely N-dealkylation sites (tertiary alicyclic amines) is 1. The van der Waals surface area contributed by atoms with E-state index < -0.39 is 0 Å². The van der Waals surface area contributed by atoms with Crippen LogP contribution in [0.5, 0.6) is 0 Å². The van der Waals surface area contributed by atoms with Crippen molar-refractivity contribution in [1.29, 1.82) is 0 Å². The molecule has 2 aliphatic heterocycles. The highest BCUT2D eigenvalue weighted by Gasteiger charge is 2.31. The van der Waals surface area contributed by atoms with E-state index in [9.17, 15) is 4.79 Å². The third-order valence-corrected chi connectivity index (χ3v) is 5.93. The Morgan fingerprint density at radius 3 is 2.46 bits per heavy atom. The third-order valence-electron chi connectivity index (χ3n) is 5.68. The summed E-state index contributed by atoms with van der Waals surface area (Å²) >= 11 is 5.96. The van der Waals surface area contributed by atoms with Crippen molar-refractivity contribution in [2.75, 3.05) is 13.1 Å². The quantitative estimate of drug-likeness (QED) is 0.724. The number of hydrogen-bond acceptors (Lipinski definition) is 4. The zero-order chi connectivity index (χ0) is 19.3. The maximum absolute atomic E-state index is 12.7. The smallest absolute Gasteiger partial charge is 0.238 e. The van der Waals surface area contributed by atoms with Crippen LogP contribution >= 0.6 is 11.6 Å². The molecule has 2 heterocycles. The first-order chi connectivity index (χ1) is 13.7. The first-order valence-electron chi connectivity index (χ1n) is 10.0. The van der Waals surface area contributed by atoms with E-state index in [2.05, 4.69) is 51.4 Å². The zero-order valence-corrected chi connectivity index (χ0v) is 16.7. The first-order valence-corrected chi connectivity index (χ1v) is 10.4. The summed E-state index contributed by atoms with van der Waals surface area (Å²) < 4.78 is 0. The lowest BCUT2D eigenvalue weighted by atomic mass is 10.0. The molecule has 4 rings (SSSR count). The van der Waals surface area contributed by atoms with Crippen molar-refractivity contribution in [3.63, 3.8) is 0 Å². The molecule has 2 fully saturated rings. The maximum Gasteiger partial charge on any atom is 0.238 e. The Kier molecular flexibility index (Phi) is 6.27. The van der Waals surface area contributed by atoms with Gasteiger partial charge in [0.25, 0.3) is 0 Å².